The van der Waals surface area contributed by atoms with E-state index in [0.29, 0.717) is 28.0 Å². The van der Waals surface area contributed by atoms with Gasteiger partial charge in [0.1, 0.15) is 4.83 Å². The van der Waals surface area contributed by atoms with E-state index < -0.39 is 0 Å². The van der Waals surface area contributed by atoms with Crippen LogP contribution in [-0.2, 0) is 7.05 Å². The van der Waals surface area contributed by atoms with Crippen LogP contribution in [0.1, 0.15) is 28.5 Å². The molecule has 134 valence electrons. The second-order valence-corrected chi connectivity index (χ2v) is 8.43. The fourth-order valence-electron chi connectivity index (χ4n) is 2.58. The van der Waals surface area contributed by atoms with Gasteiger partial charge in [0.25, 0.3) is 5.56 Å². The van der Waals surface area contributed by atoms with Crippen LogP contribution in [0, 0.1) is 13.8 Å². The number of aryl methyl sites for hydroxylation is 2. The van der Waals surface area contributed by atoms with E-state index in [-0.39, 0.29) is 10.8 Å². The minimum Gasteiger partial charge on any atom is -0.461 e. The highest BCUT2D eigenvalue weighted by Crippen LogP contribution is 2.35. The molecule has 0 aliphatic heterocycles. The molecule has 4 aromatic heterocycles. The van der Waals surface area contributed by atoms with Crippen LogP contribution in [0.15, 0.2) is 37.3 Å². The summed E-state index contributed by atoms with van der Waals surface area (Å²) in [6.07, 6.45) is 1.56. The Kier molecular flexibility index (Phi) is 4.20. The molecule has 0 saturated carbocycles. The average Bonchev–Trinajstić information content (AvgIpc) is 3.33. The monoisotopic (exact) mass is 388 g/mol. The van der Waals surface area contributed by atoms with Crippen molar-refractivity contribution in [3.05, 3.63) is 45.1 Å². The Bertz CT molecular complexity index is 1140. The fraction of sp³-hybridized carbons (Fsp3) is 0.294. The highest BCUT2D eigenvalue weighted by molar-refractivity contribution is 7.99. The number of rotatable bonds is 4. The summed E-state index contributed by atoms with van der Waals surface area (Å²) >= 11 is 2.95. The summed E-state index contributed by atoms with van der Waals surface area (Å²) in [6.45, 7) is 5.90. The summed E-state index contributed by atoms with van der Waals surface area (Å²) in [5.41, 5.74) is 0.969. The third kappa shape index (κ3) is 2.77. The predicted molar refractivity (Wildman–Crippen MR) is 101 cm³/mol. The lowest BCUT2D eigenvalue weighted by molar-refractivity contribution is 0.379. The molecule has 0 saturated heterocycles. The smallest absolute Gasteiger partial charge is 0.262 e. The molecule has 1 atom stereocenters. The second-order valence-electron chi connectivity index (χ2n) is 5.92. The van der Waals surface area contributed by atoms with E-state index >= 15 is 0 Å². The van der Waals surface area contributed by atoms with Crippen LogP contribution in [0.4, 0.5) is 0 Å². The average molecular weight is 388 g/mol. The zero-order chi connectivity index (χ0) is 18.4. The van der Waals surface area contributed by atoms with Gasteiger partial charge in [0.2, 0.25) is 11.7 Å². The molecule has 26 heavy (non-hydrogen) atoms. The molecule has 0 aromatic carbocycles. The van der Waals surface area contributed by atoms with Gasteiger partial charge in [-0.05, 0) is 38.5 Å². The molecule has 7 nitrogen and oxygen atoms in total. The first-order chi connectivity index (χ1) is 12.5. The molecular weight excluding hydrogens is 372 g/mol. The van der Waals surface area contributed by atoms with Crippen LogP contribution in [0.5, 0.6) is 0 Å². The van der Waals surface area contributed by atoms with E-state index in [2.05, 4.69) is 15.1 Å². The zero-order valence-electron chi connectivity index (χ0n) is 14.6. The van der Waals surface area contributed by atoms with Crippen LogP contribution < -0.4 is 5.56 Å². The second kappa shape index (κ2) is 6.40. The largest absolute Gasteiger partial charge is 0.461 e. The summed E-state index contributed by atoms with van der Waals surface area (Å²) in [6, 6.07) is 3.54. The van der Waals surface area contributed by atoms with Gasteiger partial charge >= 0.3 is 0 Å². The zero-order valence-corrected chi connectivity index (χ0v) is 16.3. The molecular formula is C17H16N4O3S2. The summed E-state index contributed by atoms with van der Waals surface area (Å²) in [5.74, 6) is 1.40. The van der Waals surface area contributed by atoms with Gasteiger partial charge in [-0.25, -0.2) is 4.98 Å². The molecule has 0 radical (unpaired) electrons. The molecule has 1 unspecified atom stereocenters. The highest BCUT2D eigenvalue weighted by Gasteiger charge is 2.21. The van der Waals surface area contributed by atoms with E-state index in [1.165, 1.54) is 23.1 Å². The Morgan fingerprint density at radius 2 is 2.12 bits per heavy atom. The Labute approximate surface area is 157 Å². The number of thioether (sulfide) groups is 1. The van der Waals surface area contributed by atoms with Crippen LogP contribution >= 0.6 is 23.1 Å². The van der Waals surface area contributed by atoms with Gasteiger partial charge in [-0.15, -0.1) is 11.3 Å². The van der Waals surface area contributed by atoms with Crippen molar-refractivity contribution in [3.63, 3.8) is 0 Å². The molecule has 0 amide bonds. The van der Waals surface area contributed by atoms with Crippen LogP contribution in [-0.4, -0.2) is 19.7 Å². The van der Waals surface area contributed by atoms with Gasteiger partial charge < -0.3 is 8.94 Å². The lowest BCUT2D eigenvalue weighted by atomic mass is 10.2. The first-order valence-electron chi connectivity index (χ1n) is 7.96. The van der Waals surface area contributed by atoms with E-state index in [1.54, 1.807) is 30.0 Å². The Balaban J connectivity index is 1.67. The van der Waals surface area contributed by atoms with E-state index in [0.717, 1.165) is 15.3 Å². The van der Waals surface area contributed by atoms with Crippen molar-refractivity contribution in [1.82, 2.24) is 19.7 Å². The first-order valence-corrected chi connectivity index (χ1v) is 9.66. The maximum absolute atomic E-state index is 12.7. The summed E-state index contributed by atoms with van der Waals surface area (Å²) in [4.78, 5) is 23.6. The minimum atomic E-state index is -0.163. The SMILES string of the molecule is Cc1sc2nc(SC(C)c3nc(-c4ccco4)no3)n(C)c(=O)c2c1C. The molecule has 9 heteroatoms. The van der Waals surface area contributed by atoms with Gasteiger partial charge in [0.15, 0.2) is 10.9 Å². The number of aromatic nitrogens is 4. The normalized spacial score (nSPS) is 12.8. The third-order valence-corrected chi connectivity index (χ3v) is 6.41. The predicted octanol–water partition coefficient (Wildman–Crippen LogP) is 4.11. The van der Waals surface area contributed by atoms with Crippen molar-refractivity contribution in [1.29, 1.82) is 0 Å². The van der Waals surface area contributed by atoms with Crippen molar-refractivity contribution in [2.24, 2.45) is 7.05 Å². The first kappa shape index (κ1) is 17.0. The molecule has 4 rings (SSSR count). The number of thiophene rings is 1. The summed E-state index contributed by atoms with van der Waals surface area (Å²) < 4.78 is 12.2. The maximum atomic E-state index is 12.7. The molecule has 0 aliphatic carbocycles. The highest BCUT2D eigenvalue weighted by atomic mass is 32.2. The van der Waals surface area contributed by atoms with Crippen LogP contribution in [0.3, 0.4) is 0 Å². The van der Waals surface area contributed by atoms with E-state index in [9.17, 15) is 4.79 Å². The molecule has 0 N–H and O–H groups in total. The van der Waals surface area contributed by atoms with Crippen molar-refractivity contribution >= 4 is 33.3 Å². The van der Waals surface area contributed by atoms with Crippen LogP contribution in [0.25, 0.3) is 21.8 Å². The van der Waals surface area contributed by atoms with Crippen LogP contribution in [0.2, 0.25) is 0 Å². The Morgan fingerprint density at radius 3 is 2.85 bits per heavy atom. The van der Waals surface area contributed by atoms with Crippen molar-refractivity contribution in [2.75, 3.05) is 0 Å². The summed E-state index contributed by atoms with van der Waals surface area (Å²) in [7, 11) is 1.73. The van der Waals surface area contributed by atoms with Gasteiger partial charge in [0, 0.05) is 11.9 Å². The van der Waals surface area contributed by atoms with Crippen molar-refractivity contribution < 1.29 is 8.94 Å². The van der Waals surface area contributed by atoms with Gasteiger partial charge in [-0.3, -0.25) is 9.36 Å². The molecule has 4 heterocycles. The van der Waals surface area contributed by atoms with E-state index in [1.807, 2.05) is 20.8 Å². The fourth-order valence-corrected chi connectivity index (χ4v) is 4.55. The molecule has 4 aromatic rings. The van der Waals surface area contributed by atoms with Gasteiger partial charge in [-0.1, -0.05) is 16.9 Å². The Hall–Kier alpha value is -2.39. The van der Waals surface area contributed by atoms with Crippen molar-refractivity contribution in [2.45, 2.75) is 31.2 Å². The number of hydrogen-bond acceptors (Lipinski definition) is 8. The number of hydrogen-bond donors (Lipinski definition) is 0. The Morgan fingerprint density at radius 1 is 1.31 bits per heavy atom. The third-order valence-electron chi connectivity index (χ3n) is 4.18. The standard InChI is InChI=1S/C17H16N4O3S2/c1-8-9(2)25-15-12(8)16(22)21(4)17(19-15)26-10(3)14-18-13(20-24-14)11-6-5-7-23-11/h5-7,10H,1-4H3. The lowest BCUT2D eigenvalue weighted by Gasteiger charge is -2.10. The summed E-state index contributed by atoms with van der Waals surface area (Å²) in [5, 5.41) is 5.10. The molecule has 0 spiro atoms. The number of nitrogens with zero attached hydrogens (tertiary/aromatic N) is 4. The van der Waals surface area contributed by atoms with Gasteiger partial charge in [-0.2, -0.15) is 4.98 Å². The molecule has 0 bridgehead atoms. The number of fused-ring (bicyclic) bond motifs is 1. The topological polar surface area (TPSA) is 86.9 Å². The maximum Gasteiger partial charge on any atom is 0.262 e. The van der Waals surface area contributed by atoms with E-state index in [4.69, 9.17) is 8.94 Å². The van der Waals surface area contributed by atoms with Crippen molar-refractivity contribution in [3.8, 4) is 11.6 Å². The molecule has 0 fully saturated rings. The lowest BCUT2D eigenvalue weighted by Crippen LogP contribution is -2.20. The quantitative estimate of drug-likeness (QED) is 0.384. The molecule has 0 aliphatic rings. The van der Waals surface area contributed by atoms with Gasteiger partial charge in [0.05, 0.1) is 16.9 Å². The number of furan rings is 1. The minimum absolute atomic E-state index is 0.0339.